The molecule has 5 aromatic rings. The predicted octanol–water partition coefficient (Wildman–Crippen LogP) is 8.75. The third-order valence-corrected chi connectivity index (χ3v) is 6.62. The largest absolute Gasteiger partial charge is 0.416 e. The second-order valence-electron chi connectivity index (χ2n) is 8.59. The van der Waals surface area contributed by atoms with Crippen molar-refractivity contribution in [3.05, 3.63) is 135 Å². The van der Waals surface area contributed by atoms with E-state index in [1.807, 2.05) is 66.7 Å². The van der Waals surface area contributed by atoms with Crippen LogP contribution in [0.15, 0.2) is 97.3 Å². The molecule has 0 fully saturated rings. The molecule has 0 aliphatic carbocycles. The van der Waals surface area contributed by atoms with Gasteiger partial charge in [-0.05, 0) is 70.8 Å². The second kappa shape index (κ2) is 10.4. The average molecular weight is 538 g/mol. The molecular formula is C29H20Cl2F3N3. The molecule has 0 aliphatic rings. The lowest BCUT2D eigenvalue weighted by molar-refractivity contribution is -0.137. The maximum Gasteiger partial charge on any atom is 0.416 e. The quantitative estimate of drug-likeness (QED) is 0.220. The molecule has 1 heterocycles. The van der Waals surface area contributed by atoms with Gasteiger partial charge in [-0.3, -0.25) is 0 Å². The number of anilines is 1. The lowest BCUT2D eigenvalue weighted by atomic mass is 9.85. The van der Waals surface area contributed by atoms with Gasteiger partial charge in [-0.2, -0.15) is 13.2 Å². The molecule has 0 amide bonds. The Morgan fingerprint density at radius 1 is 0.730 bits per heavy atom. The van der Waals surface area contributed by atoms with Gasteiger partial charge in [0.05, 0.1) is 11.1 Å². The summed E-state index contributed by atoms with van der Waals surface area (Å²) in [6.45, 7) is 0.179. The van der Waals surface area contributed by atoms with Gasteiger partial charge < -0.3 is 5.32 Å². The van der Waals surface area contributed by atoms with E-state index in [0.29, 0.717) is 21.4 Å². The summed E-state index contributed by atoms with van der Waals surface area (Å²) in [5.74, 6) is 0.422. The highest BCUT2D eigenvalue weighted by Gasteiger charge is 2.30. The number of nitrogens with one attached hydrogen (secondary N) is 1. The van der Waals surface area contributed by atoms with E-state index < -0.39 is 11.7 Å². The van der Waals surface area contributed by atoms with Crippen LogP contribution < -0.4 is 5.32 Å². The van der Waals surface area contributed by atoms with Crippen LogP contribution in [0.4, 0.5) is 19.0 Å². The summed E-state index contributed by atoms with van der Waals surface area (Å²) in [6.07, 6.45) is -2.96. The Balaban J connectivity index is 1.53. The van der Waals surface area contributed by atoms with Crippen molar-refractivity contribution in [1.29, 1.82) is 0 Å². The van der Waals surface area contributed by atoms with Crippen molar-refractivity contribution in [3.8, 4) is 0 Å². The Morgan fingerprint density at radius 3 is 1.97 bits per heavy atom. The maximum absolute atomic E-state index is 13.1. The molecule has 0 saturated heterocycles. The topological polar surface area (TPSA) is 37.8 Å². The first-order valence-electron chi connectivity index (χ1n) is 11.4. The molecule has 0 atom stereocenters. The van der Waals surface area contributed by atoms with E-state index in [1.54, 1.807) is 6.07 Å². The number of rotatable bonds is 6. The van der Waals surface area contributed by atoms with Crippen LogP contribution in [0.2, 0.25) is 10.0 Å². The van der Waals surface area contributed by atoms with Crippen molar-refractivity contribution in [2.45, 2.75) is 18.6 Å². The number of fused-ring (bicyclic) bond motifs is 1. The lowest BCUT2D eigenvalue weighted by Gasteiger charge is -2.20. The van der Waals surface area contributed by atoms with E-state index in [2.05, 4.69) is 15.3 Å². The van der Waals surface area contributed by atoms with Crippen LogP contribution in [0.3, 0.4) is 0 Å². The number of aromatic nitrogens is 2. The first-order chi connectivity index (χ1) is 17.8. The molecule has 0 aliphatic heterocycles. The van der Waals surface area contributed by atoms with E-state index in [0.717, 1.165) is 39.7 Å². The Morgan fingerprint density at radius 2 is 1.35 bits per heavy atom. The van der Waals surface area contributed by atoms with E-state index in [9.17, 15) is 13.2 Å². The molecule has 37 heavy (non-hydrogen) atoms. The SMILES string of the molecule is FC(F)(F)c1cccc(CNc2ncnc3ccc(C(c4ccc(Cl)cc4)c4ccc(Cl)cc4)cc23)c1. The van der Waals surface area contributed by atoms with Gasteiger partial charge in [-0.1, -0.05) is 65.7 Å². The molecule has 0 unspecified atom stereocenters. The number of alkyl halides is 3. The molecule has 8 heteroatoms. The number of benzene rings is 4. The molecule has 4 aromatic carbocycles. The zero-order valence-corrected chi connectivity index (χ0v) is 20.8. The zero-order valence-electron chi connectivity index (χ0n) is 19.3. The summed E-state index contributed by atoms with van der Waals surface area (Å²) >= 11 is 12.3. The maximum atomic E-state index is 13.1. The van der Waals surface area contributed by atoms with Crippen LogP contribution >= 0.6 is 23.2 Å². The summed E-state index contributed by atoms with van der Waals surface area (Å²) in [4.78, 5) is 8.76. The van der Waals surface area contributed by atoms with Crippen molar-refractivity contribution in [3.63, 3.8) is 0 Å². The minimum atomic E-state index is -4.40. The minimum absolute atomic E-state index is 0.115. The van der Waals surface area contributed by atoms with Gasteiger partial charge in [0.25, 0.3) is 0 Å². The van der Waals surface area contributed by atoms with Gasteiger partial charge in [0, 0.05) is 27.9 Å². The molecule has 0 bridgehead atoms. The normalized spacial score (nSPS) is 11.7. The number of halogens is 5. The van der Waals surface area contributed by atoms with Crippen LogP contribution in [0.1, 0.15) is 33.7 Å². The smallest absolute Gasteiger partial charge is 0.365 e. The van der Waals surface area contributed by atoms with Crippen LogP contribution in [-0.2, 0) is 12.7 Å². The fourth-order valence-electron chi connectivity index (χ4n) is 4.33. The second-order valence-corrected chi connectivity index (χ2v) is 9.46. The Hall–Kier alpha value is -3.61. The van der Waals surface area contributed by atoms with Gasteiger partial charge in [0.2, 0.25) is 0 Å². The first kappa shape index (κ1) is 25.1. The third-order valence-electron chi connectivity index (χ3n) is 6.11. The predicted molar refractivity (Wildman–Crippen MR) is 142 cm³/mol. The van der Waals surface area contributed by atoms with Gasteiger partial charge in [-0.25, -0.2) is 9.97 Å². The highest BCUT2D eigenvalue weighted by Crippen LogP contribution is 2.36. The van der Waals surface area contributed by atoms with E-state index in [1.165, 1.54) is 12.4 Å². The summed E-state index contributed by atoms with van der Waals surface area (Å²) < 4.78 is 39.4. The monoisotopic (exact) mass is 537 g/mol. The molecule has 1 aromatic heterocycles. The summed E-state index contributed by atoms with van der Waals surface area (Å²) in [6, 6.07) is 26.5. The summed E-state index contributed by atoms with van der Waals surface area (Å²) in [7, 11) is 0. The molecule has 1 N–H and O–H groups in total. The fraction of sp³-hybridized carbons (Fsp3) is 0.103. The highest BCUT2D eigenvalue weighted by molar-refractivity contribution is 6.30. The number of hydrogen-bond acceptors (Lipinski definition) is 3. The molecular weight excluding hydrogens is 518 g/mol. The molecule has 0 radical (unpaired) electrons. The minimum Gasteiger partial charge on any atom is -0.365 e. The van der Waals surface area contributed by atoms with Crippen molar-refractivity contribution >= 4 is 39.9 Å². The summed E-state index contributed by atoms with van der Waals surface area (Å²) in [5, 5.41) is 5.24. The van der Waals surface area contributed by atoms with Gasteiger partial charge in [0.15, 0.2) is 0 Å². The highest BCUT2D eigenvalue weighted by atomic mass is 35.5. The van der Waals surface area contributed by atoms with Gasteiger partial charge >= 0.3 is 6.18 Å². The van der Waals surface area contributed by atoms with Crippen LogP contribution in [0.25, 0.3) is 10.9 Å². The molecule has 0 spiro atoms. The van der Waals surface area contributed by atoms with Crippen LogP contribution in [0.5, 0.6) is 0 Å². The third kappa shape index (κ3) is 5.71. The van der Waals surface area contributed by atoms with E-state index in [4.69, 9.17) is 23.2 Å². The zero-order chi connectivity index (χ0) is 26.0. The molecule has 3 nitrogen and oxygen atoms in total. The van der Waals surface area contributed by atoms with E-state index >= 15 is 0 Å². The Labute approximate surface area is 221 Å². The van der Waals surface area contributed by atoms with Crippen LogP contribution in [0, 0.1) is 0 Å². The number of nitrogens with zero attached hydrogens (tertiary/aromatic N) is 2. The molecule has 186 valence electrons. The standard InChI is InChI=1S/C29H20Cl2F3N3/c30-23-9-4-19(5-10-23)27(20-6-11-24(31)12-7-20)21-8-13-26-25(15-21)28(37-17-36-26)35-16-18-2-1-3-22(14-18)29(32,33)34/h1-15,17,27H,16H2,(H,35,36,37). The first-order valence-corrected chi connectivity index (χ1v) is 12.2. The van der Waals surface area contributed by atoms with Crippen molar-refractivity contribution in [2.24, 2.45) is 0 Å². The average Bonchev–Trinajstić information content (AvgIpc) is 2.89. The number of hydrogen-bond donors (Lipinski definition) is 1. The Kier molecular flexibility index (Phi) is 7.04. The molecule has 0 saturated carbocycles. The molecule has 5 rings (SSSR count). The van der Waals surface area contributed by atoms with Crippen LogP contribution in [-0.4, -0.2) is 9.97 Å². The fourth-order valence-corrected chi connectivity index (χ4v) is 4.58. The van der Waals surface area contributed by atoms with Gasteiger partial charge in [-0.15, -0.1) is 0 Å². The van der Waals surface area contributed by atoms with Crippen molar-refractivity contribution < 1.29 is 13.2 Å². The Bertz CT molecular complexity index is 1490. The van der Waals surface area contributed by atoms with E-state index in [-0.39, 0.29) is 12.5 Å². The lowest BCUT2D eigenvalue weighted by Crippen LogP contribution is -2.08. The van der Waals surface area contributed by atoms with Gasteiger partial charge in [0.1, 0.15) is 12.1 Å². The van der Waals surface area contributed by atoms with Crippen molar-refractivity contribution in [2.75, 3.05) is 5.32 Å². The van der Waals surface area contributed by atoms with Crippen molar-refractivity contribution in [1.82, 2.24) is 9.97 Å². The summed E-state index contributed by atoms with van der Waals surface area (Å²) in [5.41, 5.74) is 3.61.